The molecule has 3 nitrogen and oxygen atoms in total. The van der Waals surface area contributed by atoms with Gasteiger partial charge in [0.25, 0.3) is 0 Å². The number of fused-ring (bicyclic) bond motifs is 1. The Morgan fingerprint density at radius 1 is 1.46 bits per heavy atom. The van der Waals surface area contributed by atoms with Crippen molar-refractivity contribution in [3.8, 4) is 0 Å². The zero-order valence-corrected chi connectivity index (χ0v) is 8.26. The first-order valence-corrected chi connectivity index (χ1v) is 4.36. The molecule has 0 spiro atoms. The van der Waals surface area contributed by atoms with E-state index in [4.69, 9.17) is 17.3 Å². The lowest BCUT2D eigenvalue weighted by molar-refractivity contribution is 0.751. The molecular formula is C9H10ClN3. The molecule has 0 aliphatic heterocycles. The molecule has 0 atom stereocenters. The summed E-state index contributed by atoms with van der Waals surface area (Å²) >= 11 is 6.07. The van der Waals surface area contributed by atoms with Crippen molar-refractivity contribution in [2.24, 2.45) is 7.05 Å². The molecule has 0 radical (unpaired) electrons. The zero-order chi connectivity index (χ0) is 9.59. The van der Waals surface area contributed by atoms with Crippen molar-refractivity contribution in [2.75, 3.05) is 5.73 Å². The van der Waals surface area contributed by atoms with E-state index in [2.05, 4.69) is 5.10 Å². The van der Waals surface area contributed by atoms with E-state index in [1.807, 2.05) is 20.0 Å². The highest BCUT2D eigenvalue weighted by Crippen LogP contribution is 2.30. The number of benzene rings is 1. The Balaban J connectivity index is 2.97. The Bertz CT molecular complexity index is 473. The number of anilines is 1. The second-order valence-corrected chi connectivity index (χ2v) is 3.45. The van der Waals surface area contributed by atoms with Crippen LogP contribution >= 0.6 is 11.6 Å². The third-order valence-electron chi connectivity index (χ3n) is 2.25. The van der Waals surface area contributed by atoms with Gasteiger partial charge in [-0.05, 0) is 19.1 Å². The summed E-state index contributed by atoms with van der Waals surface area (Å²) in [4.78, 5) is 0. The summed E-state index contributed by atoms with van der Waals surface area (Å²) in [5.74, 6) is 0. The number of nitrogens with two attached hydrogens (primary N) is 1. The fraction of sp³-hybridized carbons (Fsp3) is 0.222. The minimum absolute atomic E-state index is 0.600. The molecule has 0 bridgehead atoms. The molecule has 0 amide bonds. The van der Waals surface area contributed by atoms with Crippen LogP contribution in [0.15, 0.2) is 12.1 Å². The smallest absolute Gasteiger partial charge is 0.0942 e. The van der Waals surface area contributed by atoms with Gasteiger partial charge in [-0.15, -0.1) is 0 Å². The molecule has 0 fully saturated rings. The molecule has 0 saturated carbocycles. The average Bonchev–Trinajstić information content (AvgIpc) is 2.37. The largest absolute Gasteiger partial charge is 0.398 e. The summed E-state index contributed by atoms with van der Waals surface area (Å²) in [7, 11) is 1.89. The molecule has 2 aromatic rings. The topological polar surface area (TPSA) is 43.8 Å². The van der Waals surface area contributed by atoms with Gasteiger partial charge in [0.05, 0.1) is 16.2 Å². The molecule has 0 unspecified atom stereocenters. The molecule has 13 heavy (non-hydrogen) atoms. The van der Waals surface area contributed by atoms with Crippen LogP contribution < -0.4 is 5.73 Å². The predicted molar refractivity (Wildman–Crippen MR) is 54.9 cm³/mol. The Kier molecular flexibility index (Phi) is 1.70. The van der Waals surface area contributed by atoms with E-state index >= 15 is 0 Å². The van der Waals surface area contributed by atoms with Crippen LogP contribution in [0.5, 0.6) is 0 Å². The first-order valence-electron chi connectivity index (χ1n) is 3.98. The van der Waals surface area contributed by atoms with Crippen LogP contribution in [0.25, 0.3) is 10.9 Å². The second kappa shape index (κ2) is 2.64. The maximum Gasteiger partial charge on any atom is 0.0942 e. The molecule has 1 heterocycles. The van der Waals surface area contributed by atoms with Gasteiger partial charge >= 0.3 is 0 Å². The number of aromatic nitrogens is 2. The summed E-state index contributed by atoms with van der Waals surface area (Å²) < 4.78 is 1.80. The second-order valence-electron chi connectivity index (χ2n) is 3.07. The van der Waals surface area contributed by atoms with Crippen molar-refractivity contribution < 1.29 is 0 Å². The molecule has 1 aromatic carbocycles. The van der Waals surface area contributed by atoms with E-state index in [1.54, 1.807) is 10.7 Å². The lowest BCUT2D eigenvalue weighted by Gasteiger charge is -1.98. The fourth-order valence-corrected chi connectivity index (χ4v) is 1.70. The highest BCUT2D eigenvalue weighted by molar-refractivity contribution is 6.38. The predicted octanol–water partition coefficient (Wildman–Crippen LogP) is 2.12. The third kappa shape index (κ3) is 1.08. The van der Waals surface area contributed by atoms with Crippen LogP contribution in [0.2, 0.25) is 5.02 Å². The number of hydrogen-bond donors (Lipinski definition) is 1. The van der Waals surface area contributed by atoms with Crippen molar-refractivity contribution in [1.29, 1.82) is 0 Å². The highest BCUT2D eigenvalue weighted by Gasteiger charge is 2.09. The molecule has 68 valence electrons. The Hall–Kier alpha value is -1.22. The number of nitrogens with zero attached hydrogens (tertiary/aromatic N) is 2. The van der Waals surface area contributed by atoms with Gasteiger partial charge in [0.1, 0.15) is 0 Å². The van der Waals surface area contributed by atoms with Gasteiger partial charge < -0.3 is 5.73 Å². The van der Waals surface area contributed by atoms with Crippen molar-refractivity contribution >= 4 is 28.2 Å². The fourth-order valence-electron chi connectivity index (χ4n) is 1.41. The van der Waals surface area contributed by atoms with Gasteiger partial charge in [0.2, 0.25) is 0 Å². The van der Waals surface area contributed by atoms with Gasteiger partial charge in [-0.2, -0.15) is 5.10 Å². The SMILES string of the molecule is Cc1c2c(Cl)c(N)ccc2nn1C. The van der Waals surface area contributed by atoms with E-state index in [-0.39, 0.29) is 0 Å². The molecule has 0 saturated heterocycles. The van der Waals surface area contributed by atoms with Gasteiger partial charge in [-0.25, -0.2) is 0 Å². The van der Waals surface area contributed by atoms with Crippen LogP contribution in [0, 0.1) is 6.92 Å². The van der Waals surface area contributed by atoms with Crippen molar-refractivity contribution in [3.63, 3.8) is 0 Å². The summed E-state index contributed by atoms with van der Waals surface area (Å²) in [5, 5.41) is 5.84. The van der Waals surface area contributed by atoms with Crippen molar-refractivity contribution in [1.82, 2.24) is 9.78 Å². The monoisotopic (exact) mass is 195 g/mol. The minimum Gasteiger partial charge on any atom is -0.398 e. The van der Waals surface area contributed by atoms with Crippen LogP contribution in [-0.2, 0) is 7.05 Å². The van der Waals surface area contributed by atoms with E-state index in [9.17, 15) is 0 Å². The zero-order valence-electron chi connectivity index (χ0n) is 7.50. The number of nitrogen functional groups attached to an aromatic ring is 1. The number of rotatable bonds is 0. The Morgan fingerprint density at radius 2 is 2.15 bits per heavy atom. The summed E-state index contributed by atoms with van der Waals surface area (Å²) in [6.45, 7) is 1.97. The van der Waals surface area contributed by atoms with Crippen LogP contribution in [0.3, 0.4) is 0 Å². The van der Waals surface area contributed by atoms with E-state index in [0.717, 1.165) is 16.6 Å². The van der Waals surface area contributed by atoms with Crippen LogP contribution in [0.4, 0.5) is 5.69 Å². The lowest BCUT2D eigenvalue weighted by atomic mass is 10.2. The van der Waals surface area contributed by atoms with E-state index in [0.29, 0.717) is 10.7 Å². The number of halogens is 1. The van der Waals surface area contributed by atoms with Crippen LogP contribution in [-0.4, -0.2) is 9.78 Å². The van der Waals surface area contributed by atoms with Crippen LogP contribution in [0.1, 0.15) is 5.69 Å². The Labute approximate surface area is 81.1 Å². The highest BCUT2D eigenvalue weighted by atomic mass is 35.5. The van der Waals surface area contributed by atoms with E-state index in [1.165, 1.54) is 0 Å². The molecule has 2 N–H and O–H groups in total. The van der Waals surface area contributed by atoms with Gasteiger partial charge in [-0.3, -0.25) is 4.68 Å². The Morgan fingerprint density at radius 3 is 2.85 bits per heavy atom. The van der Waals surface area contributed by atoms with Gasteiger partial charge in [0.15, 0.2) is 0 Å². The summed E-state index contributed by atoms with van der Waals surface area (Å²) in [6, 6.07) is 3.65. The molecule has 1 aromatic heterocycles. The summed E-state index contributed by atoms with van der Waals surface area (Å²) in [5.41, 5.74) is 8.22. The average molecular weight is 196 g/mol. The standard InChI is InChI=1S/C9H10ClN3/c1-5-8-7(12-13(5)2)4-3-6(11)9(8)10/h3-4H,11H2,1-2H3. The molecule has 4 heteroatoms. The van der Waals surface area contributed by atoms with Gasteiger partial charge in [-0.1, -0.05) is 11.6 Å². The molecule has 0 aliphatic carbocycles. The normalized spacial score (nSPS) is 11.0. The molecular weight excluding hydrogens is 186 g/mol. The number of hydrogen-bond acceptors (Lipinski definition) is 2. The molecule has 0 aliphatic rings. The quantitative estimate of drug-likeness (QED) is 0.655. The van der Waals surface area contributed by atoms with E-state index < -0.39 is 0 Å². The van der Waals surface area contributed by atoms with Crippen molar-refractivity contribution in [2.45, 2.75) is 6.92 Å². The number of aryl methyl sites for hydroxylation is 2. The first kappa shape index (κ1) is 8.38. The molecule has 2 rings (SSSR count). The lowest BCUT2D eigenvalue weighted by Crippen LogP contribution is -1.91. The summed E-state index contributed by atoms with van der Waals surface area (Å²) in [6.07, 6.45) is 0. The van der Waals surface area contributed by atoms with Crippen molar-refractivity contribution in [3.05, 3.63) is 22.8 Å². The minimum atomic E-state index is 0.600. The van der Waals surface area contributed by atoms with Gasteiger partial charge in [0, 0.05) is 18.1 Å². The third-order valence-corrected chi connectivity index (χ3v) is 2.66. The maximum absolute atomic E-state index is 6.07. The first-order chi connectivity index (χ1) is 6.11. The maximum atomic E-state index is 6.07.